The van der Waals surface area contributed by atoms with Gasteiger partial charge in [-0.15, -0.1) is 0 Å². The van der Waals surface area contributed by atoms with Crippen LogP contribution in [0.2, 0.25) is 5.15 Å². The van der Waals surface area contributed by atoms with Gasteiger partial charge in [0.2, 0.25) is 0 Å². The summed E-state index contributed by atoms with van der Waals surface area (Å²) in [6, 6.07) is 7.47. The van der Waals surface area contributed by atoms with Crippen LogP contribution in [0.4, 0.5) is 0 Å². The Morgan fingerprint density at radius 2 is 2.10 bits per heavy atom. The molecule has 4 heterocycles. The van der Waals surface area contributed by atoms with E-state index in [0.29, 0.717) is 23.2 Å². The van der Waals surface area contributed by atoms with Crippen LogP contribution in [0.5, 0.6) is 0 Å². The van der Waals surface area contributed by atoms with Gasteiger partial charge in [0.05, 0.1) is 0 Å². The molecular weight excluding hydrogens is 270 g/mol. The molecule has 1 N–H and O–H groups in total. The fourth-order valence-corrected chi connectivity index (χ4v) is 3.77. The lowest BCUT2D eigenvalue weighted by Gasteiger charge is -2.20. The van der Waals surface area contributed by atoms with Gasteiger partial charge in [-0.25, -0.2) is 4.98 Å². The highest BCUT2D eigenvalue weighted by molar-refractivity contribution is 6.29. The standard InChI is InChI=1S/C16H16ClN3/c17-16-6-10(3-4-19-16)11-5-12(9-18-8-11)14-7-13-1-2-15(14)20-13/h3-6,8-9,13-15,20H,1-2,7H2. The number of hydrogen-bond donors (Lipinski definition) is 1. The van der Waals surface area contributed by atoms with E-state index < -0.39 is 0 Å². The van der Waals surface area contributed by atoms with Crippen LogP contribution < -0.4 is 5.32 Å². The van der Waals surface area contributed by atoms with E-state index in [1.807, 2.05) is 24.5 Å². The first-order valence-corrected chi connectivity index (χ1v) is 7.50. The Morgan fingerprint density at radius 3 is 2.85 bits per heavy atom. The molecule has 2 aliphatic heterocycles. The Labute approximate surface area is 123 Å². The van der Waals surface area contributed by atoms with Crippen LogP contribution in [0.25, 0.3) is 11.1 Å². The summed E-state index contributed by atoms with van der Waals surface area (Å²) in [7, 11) is 0. The number of fused-ring (bicyclic) bond motifs is 2. The minimum Gasteiger partial charge on any atom is -0.311 e. The van der Waals surface area contributed by atoms with Crippen LogP contribution in [0.1, 0.15) is 30.7 Å². The second-order valence-corrected chi connectivity index (χ2v) is 6.15. The molecule has 4 rings (SSSR count). The molecular formula is C16H16ClN3. The van der Waals surface area contributed by atoms with E-state index in [1.54, 1.807) is 6.20 Å². The average molecular weight is 286 g/mol. The van der Waals surface area contributed by atoms with Crippen molar-refractivity contribution in [3.63, 3.8) is 0 Å². The van der Waals surface area contributed by atoms with E-state index in [9.17, 15) is 0 Å². The number of pyridine rings is 2. The van der Waals surface area contributed by atoms with E-state index in [2.05, 4.69) is 21.4 Å². The fraction of sp³-hybridized carbons (Fsp3) is 0.375. The molecule has 4 heteroatoms. The summed E-state index contributed by atoms with van der Waals surface area (Å²) in [5.74, 6) is 0.610. The molecule has 0 aliphatic carbocycles. The molecule has 3 unspecified atom stereocenters. The largest absolute Gasteiger partial charge is 0.311 e. The van der Waals surface area contributed by atoms with Crippen LogP contribution in [0, 0.1) is 0 Å². The topological polar surface area (TPSA) is 37.8 Å². The zero-order chi connectivity index (χ0) is 13.5. The second-order valence-electron chi connectivity index (χ2n) is 5.76. The molecule has 0 radical (unpaired) electrons. The molecule has 2 bridgehead atoms. The Balaban J connectivity index is 1.68. The predicted octanol–water partition coefficient (Wildman–Crippen LogP) is 3.40. The first kappa shape index (κ1) is 12.3. The van der Waals surface area contributed by atoms with Crippen LogP contribution in [-0.2, 0) is 0 Å². The summed E-state index contributed by atoms with van der Waals surface area (Å²) < 4.78 is 0. The van der Waals surface area contributed by atoms with Crippen molar-refractivity contribution in [1.82, 2.24) is 15.3 Å². The van der Waals surface area contributed by atoms with Crippen molar-refractivity contribution >= 4 is 11.6 Å². The highest BCUT2D eigenvalue weighted by Gasteiger charge is 2.39. The molecule has 2 fully saturated rings. The smallest absolute Gasteiger partial charge is 0.129 e. The van der Waals surface area contributed by atoms with Gasteiger partial charge in [0.25, 0.3) is 0 Å². The van der Waals surface area contributed by atoms with E-state index in [-0.39, 0.29) is 0 Å². The first-order chi connectivity index (χ1) is 9.79. The van der Waals surface area contributed by atoms with E-state index in [4.69, 9.17) is 11.6 Å². The van der Waals surface area contributed by atoms with Gasteiger partial charge in [-0.3, -0.25) is 4.98 Å². The number of rotatable bonds is 2. The number of hydrogen-bond acceptors (Lipinski definition) is 3. The molecule has 102 valence electrons. The zero-order valence-corrected chi connectivity index (χ0v) is 11.8. The lowest BCUT2D eigenvalue weighted by molar-refractivity contribution is 0.505. The summed E-state index contributed by atoms with van der Waals surface area (Å²) in [6.45, 7) is 0. The van der Waals surface area contributed by atoms with Crippen LogP contribution >= 0.6 is 11.6 Å². The van der Waals surface area contributed by atoms with Crippen molar-refractivity contribution in [2.24, 2.45) is 0 Å². The Morgan fingerprint density at radius 1 is 1.15 bits per heavy atom. The highest BCUT2D eigenvalue weighted by Crippen LogP contribution is 2.40. The average Bonchev–Trinajstić information content (AvgIpc) is 3.10. The maximum Gasteiger partial charge on any atom is 0.129 e. The van der Waals surface area contributed by atoms with Crippen LogP contribution in [0.3, 0.4) is 0 Å². The first-order valence-electron chi connectivity index (χ1n) is 7.12. The minimum atomic E-state index is 0.523. The van der Waals surface area contributed by atoms with Crippen molar-refractivity contribution in [2.45, 2.75) is 37.3 Å². The maximum atomic E-state index is 5.97. The van der Waals surface area contributed by atoms with Gasteiger partial charge in [0.15, 0.2) is 0 Å². The van der Waals surface area contributed by atoms with Gasteiger partial charge in [0.1, 0.15) is 5.15 Å². The summed E-state index contributed by atoms with van der Waals surface area (Å²) in [4.78, 5) is 8.46. The van der Waals surface area contributed by atoms with Crippen molar-refractivity contribution < 1.29 is 0 Å². The third-order valence-corrected chi connectivity index (χ3v) is 4.75. The molecule has 3 atom stereocenters. The number of halogens is 1. The molecule has 2 aliphatic rings. The molecule has 2 aromatic rings. The summed E-state index contributed by atoms with van der Waals surface area (Å²) in [6.07, 6.45) is 9.51. The van der Waals surface area contributed by atoms with Crippen LogP contribution in [-0.4, -0.2) is 22.1 Å². The lowest BCUT2D eigenvalue weighted by atomic mass is 9.84. The SMILES string of the molecule is Clc1cc(-c2cncc(C3CC4CCC3N4)c2)ccn1. The predicted molar refractivity (Wildman–Crippen MR) is 79.8 cm³/mol. The quantitative estimate of drug-likeness (QED) is 0.860. The summed E-state index contributed by atoms with van der Waals surface area (Å²) in [5.41, 5.74) is 3.54. The van der Waals surface area contributed by atoms with Gasteiger partial charge in [0, 0.05) is 42.2 Å². The summed E-state index contributed by atoms with van der Waals surface area (Å²) in [5, 5.41) is 4.21. The zero-order valence-electron chi connectivity index (χ0n) is 11.1. The van der Waals surface area contributed by atoms with Gasteiger partial charge in [-0.05, 0) is 48.6 Å². The number of nitrogens with one attached hydrogen (secondary N) is 1. The third-order valence-electron chi connectivity index (χ3n) is 4.55. The van der Waals surface area contributed by atoms with E-state index in [0.717, 1.165) is 11.1 Å². The van der Waals surface area contributed by atoms with Gasteiger partial charge in [-0.1, -0.05) is 11.6 Å². The monoisotopic (exact) mass is 285 g/mol. The highest BCUT2D eigenvalue weighted by atomic mass is 35.5. The normalized spacial score (nSPS) is 27.9. The number of aromatic nitrogens is 2. The molecule has 0 spiro atoms. The molecule has 0 amide bonds. The van der Waals surface area contributed by atoms with Gasteiger partial charge < -0.3 is 5.32 Å². The van der Waals surface area contributed by atoms with Crippen molar-refractivity contribution in [1.29, 1.82) is 0 Å². The molecule has 2 saturated heterocycles. The van der Waals surface area contributed by atoms with Crippen LogP contribution in [0.15, 0.2) is 36.8 Å². The Kier molecular flexibility index (Phi) is 2.97. The molecule has 0 saturated carbocycles. The van der Waals surface area contributed by atoms with Crippen molar-refractivity contribution in [3.8, 4) is 11.1 Å². The molecule has 0 aromatic carbocycles. The molecule has 20 heavy (non-hydrogen) atoms. The second kappa shape index (κ2) is 4.83. The lowest BCUT2D eigenvalue weighted by Crippen LogP contribution is -2.21. The number of nitrogens with zero attached hydrogens (tertiary/aromatic N) is 2. The van der Waals surface area contributed by atoms with Crippen molar-refractivity contribution in [3.05, 3.63) is 47.5 Å². The van der Waals surface area contributed by atoms with Gasteiger partial charge >= 0.3 is 0 Å². The van der Waals surface area contributed by atoms with E-state index in [1.165, 1.54) is 24.8 Å². The van der Waals surface area contributed by atoms with Crippen molar-refractivity contribution in [2.75, 3.05) is 0 Å². The summed E-state index contributed by atoms with van der Waals surface area (Å²) >= 11 is 5.97. The molecule has 2 aromatic heterocycles. The Hall–Kier alpha value is -1.45. The molecule has 3 nitrogen and oxygen atoms in total. The minimum absolute atomic E-state index is 0.523. The maximum absolute atomic E-state index is 5.97. The van der Waals surface area contributed by atoms with E-state index >= 15 is 0 Å². The third kappa shape index (κ3) is 2.11. The Bertz CT molecular complexity index is 643. The fourth-order valence-electron chi connectivity index (χ4n) is 3.59. The van der Waals surface area contributed by atoms with Gasteiger partial charge in [-0.2, -0.15) is 0 Å².